The number of halogens is 2. The fourth-order valence-electron chi connectivity index (χ4n) is 3.83. The molecule has 0 bridgehead atoms. The van der Waals surface area contributed by atoms with Crippen LogP contribution in [0.3, 0.4) is 0 Å². The number of methoxy groups -OCH3 is 1. The van der Waals surface area contributed by atoms with Crippen molar-refractivity contribution in [3.05, 3.63) is 80.0 Å². The Hall–Kier alpha value is -2.22. The van der Waals surface area contributed by atoms with Crippen LogP contribution in [-0.4, -0.2) is 29.3 Å². The van der Waals surface area contributed by atoms with Gasteiger partial charge in [0.15, 0.2) is 0 Å². The monoisotopic (exact) mass is 558 g/mol. The van der Waals surface area contributed by atoms with Gasteiger partial charge in [-0.25, -0.2) is 4.98 Å². The quantitative estimate of drug-likeness (QED) is 0.306. The second-order valence-corrected chi connectivity index (χ2v) is 9.62. The Balaban J connectivity index is 0.000000174. The molecule has 5 rings (SSSR count). The molecule has 0 radical (unpaired) electrons. The number of hydrogen-bond donors (Lipinski definition) is 1. The van der Waals surface area contributed by atoms with Crippen LogP contribution in [0.25, 0.3) is 21.8 Å². The van der Waals surface area contributed by atoms with Crippen molar-refractivity contribution >= 4 is 53.7 Å². The highest BCUT2D eigenvalue weighted by Crippen LogP contribution is 2.26. The highest BCUT2D eigenvalue weighted by Gasteiger charge is 2.22. The van der Waals surface area contributed by atoms with Gasteiger partial charge in [0.2, 0.25) is 11.4 Å². The molecule has 0 unspecified atom stereocenters. The first kappa shape index (κ1) is 23.0. The van der Waals surface area contributed by atoms with E-state index in [9.17, 15) is 4.79 Å². The number of ether oxygens (including phenoxy) is 2. The fourth-order valence-corrected chi connectivity index (χ4v) is 4.58. The summed E-state index contributed by atoms with van der Waals surface area (Å²) >= 11 is 6.83. The fraction of sp³-hybridized carbons (Fsp3) is 0.280. The smallest absolute Gasteiger partial charge is 0.248 e. The summed E-state index contributed by atoms with van der Waals surface area (Å²) in [5.74, 6) is 0.723. The number of nitrogens with zero attached hydrogens (tertiary/aromatic N) is 1. The maximum Gasteiger partial charge on any atom is 0.248 e. The van der Waals surface area contributed by atoms with Crippen molar-refractivity contribution in [3.8, 4) is 5.88 Å². The van der Waals surface area contributed by atoms with Crippen molar-refractivity contribution in [3.63, 3.8) is 0 Å². The molecule has 1 N–H and O–H groups in total. The first-order valence-corrected chi connectivity index (χ1v) is 12.1. The zero-order chi connectivity index (χ0) is 22.5. The number of rotatable bonds is 3. The molecule has 1 aliphatic rings. The summed E-state index contributed by atoms with van der Waals surface area (Å²) in [5, 5.41) is 2.15. The molecule has 32 heavy (non-hydrogen) atoms. The van der Waals surface area contributed by atoms with E-state index in [0.29, 0.717) is 6.10 Å². The van der Waals surface area contributed by atoms with Gasteiger partial charge >= 0.3 is 0 Å². The lowest BCUT2D eigenvalue weighted by Gasteiger charge is -2.27. The zero-order valence-corrected chi connectivity index (χ0v) is 20.9. The van der Waals surface area contributed by atoms with Gasteiger partial charge in [-0.05, 0) is 79.6 Å². The van der Waals surface area contributed by atoms with Gasteiger partial charge in [-0.1, -0.05) is 31.9 Å². The molecule has 0 amide bonds. The van der Waals surface area contributed by atoms with Gasteiger partial charge in [-0.3, -0.25) is 4.79 Å². The largest absolute Gasteiger partial charge is 0.474 e. The molecule has 7 heteroatoms. The first-order valence-electron chi connectivity index (χ1n) is 10.5. The van der Waals surface area contributed by atoms with E-state index in [4.69, 9.17) is 9.47 Å². The highest BCUT2D eigenvalue weighted by atomic mass is 79.9. The van der Waals surface area contributed by atoms with Crippen molar-refractivity contribution in [2.24, 2.45) is 0 Å². The van der Waals surface area contributed by atoms with Crippen LogP contribution in [0.2, 0.25) is 0 Å². The van der Waals surface area contributed by atoms with E-state index in [2.05, 4.69) is 54.0 Å². The molecule has 1 fully saturated rings. The summed E-state index contributed by atoms with van der Waals surface area (Å²) in [6, 6.07) is 19.2. The minimum Gasteiger partial charge on any atom is -0.474 e. The van der Waals surface area contributed by atoms with Gasteiger partial charge in [0, 0.05) is 39.1 Å². The van der Waals surface area contributed by atoms with Crippen molar-refractivity contribution < 1.29 is 9.47 Å². The maximum atomic E-state index is 10.9. The number of aromatic nitrogens is 2. The van der Waals surface area contributed by atoms with E-state index >= 15 is 0 Å². The SMILES string of the molecule is COC1CCC(Oc2ccc3cc(Br)ccc3n2)CC1.O=c1ccc2cc(Br)ccc2[nH]1. The van der Waals surface area contributed by atoms with E-state index in [0.717, 1.165) is 62.3 Å². The molecule has 4 aromatic rings. The minimum atomic E-state index is -0.0650. The van der Waals surface area contributed by atoms with Crippen molar-refractivity contribution in [1.82, 2.24) is 9.97 Å². The molecule has 2 aromatic carbocycles. The van der Waals surface area contributed by atoms with Crippen LogP contribution in [0.5, 0.6) is 5.88 Å². The third-order valence-electron chi connectivity index (χ3n) is 5.55. The van der Waals surface area contributed by atoms with E-state index in [-0.39, 0.29) is 11.7 Å². The Morgan fingerprint density at radius 3 is 2.25 bits per heavy atom. The molecular weight excluding hydrogens is 536 g/mol. The maximum absolute atomic E-state index is 10.9. The number of fused-ring (bicyclic) bond motifs is 2. The predicted molar refractivity (Wildman–Crippen MR) is 135 cm³/mol. The third kappa shape index (κ3) is 5.97. The number of pyridine rings is 2. The van der Waals surface area contributed by atoms with Crippen LogP contribution in [0.1, 0.15) is 25.7 Å². The van der Waals surface area contributed by atoms with Gasteiger partial charge < -0.3 is 14.5 Å². The first-order chi connectivity index (χ1) is 15.5. The molecule has 2 aromatic heterocycles. The van der Waals surface area contributed by atoms with Crippen LogP contribution in [0.4, 0.5) is 0 Å². The zero-order valence-electron chi connectivity index (χ0n) is 17.7. The summed E-state index contributed by atoms with van der Waals surface area (Å²) in [7, 11) is 1.79. The Morgan fingerprint density at radius 2 is 1.50 bits per heavy atom. The Kier molecular flexibility index (Phi) is 7.60. The third-order valence-corrected chi connectivity index (χ3v) is 6.54. The van der Waals surface area contributed by atoms with Gasteiger partial charge in [0.25, 0.3) is 0 Å². The Morgan fingerprint density at radius 1 is 0.844 bits per heavy atom. The second-order valence-electron chi connectivity index (χ2n) is 7.79. The lowest BCUT2D eigenvalue weighted by Crippen LogP contribution is -2.27. The molecule has 0 spiro atoms. The number of nitrogens with one attached hydrogen (secondary N) is 1. The van der Waals surface area contributed by atoms with Gasteiger partial charge in [-0.15, -0.1) is 0 Å². The van der Waals surface area contributed by atoms with Gasteiger partial charge in [-0.2, -0.15) is 0 Å². The number of hydrogen-bond acceptors (Lipinski definition) is 4. The topological polar surface area (TPSA) is 64.2 Å². The van der Waals surface area contributed by atoms with E-state index < -0.39 is 0 Å². The van der Waals surface area contributed by atoms with Gasteiger partial charge in [0.05, 0.1) is 11.6 Å². The summed E-state index contributed by atoms with van der Waals surface area (Å²) in [6.07, 6.45) is 4.89. The van der Waals surface area contributed by atoms with Crippen LogP contribution in [-0.2, 0) is 4.74 Å². The summed E-state index contributed by atoms with van der Waals surface area (Å²) in [4.78, 5) is 18.2. The number of H-pyrrole nitrogens is 1. The van der Waals surface area contributed by atoms with E-state index in [1.807, 2.05) is 36.4 Å². The van der Waals surface area contributed by atoms with E-state index in [1.54, 1.807) is 13.2 Å². The van der Waals surface area contributed by atoms with E-state index in [1.165, 1.54) is 6.07 Å². The lowest BCUT2D eigenvalue weighted by atomic mass is 9.95. The van der Waals surface area contributed by atoms with Crippen LogP contribution in [0, 0.1) is 0 Å². The molecule has 2 heterocycles. The molecular formula is C25H24Br2N2O3. The van der Waals surface area contributed by atoms with Gasteiger partial charge in [0.1, 0.15) is 6.10 Å². The Labute approximate surface area is 203 Å². The van der Waals surface area contributed by atoms with Crippen molar-refractivity contribution in [1.29, 1.82) is 0 Å². The summed E-state index contributed by atoms with van der Waals surface area (Å²) < 4.78 is 13.5. The normalized spacial score (nSPS) is 18.2. The molecule has 5 nitrogen and oxygen atoms in total. The van der Waals surface area contributed by atoms with Crippen molar-refractivity contribution in [2.45, 2.75) is 37.9 Å². The molecule has 1 saturated carbocycles. The molecule has 1 aliphatic carbocycles. The average molecular weight is 560 g/mol. The number of benzene rings is 2. The average Bonchev–Trinajstić information content (AvgIpc) is 2.80. The molecule has 0 aliphatic heterocycles. The van der Waals surface area contributed by atoms with Crippen LogP contribution in [0.15, 0.2) is 74.4 Å². The lowest BCUT2D eigenvalue weighted by molar-refractivity contribution is 0.0315. The second kappa shape index (κ2) is 10.6. The highest BCUT2D eigenvalue weighted by molar-refractivity contribution is 9.10. The Bertz CT molecular complexity index is 1270. The predicted octanol–water partition coefficient (Wildman–Crippen LogP) is 6.62. The molecule has 166 valence electrons. The van der Waals surface area contributed by atoms with Crippen LogP contribution >= 0.6 is 31.9 Å². The summed E-state index contributed by atoms with van der Waals surface area (Å²) in [6.45, 7) is 0. The molecule has 0 saturated heterocycles. The summed E-state index contributed by atoms with van der Waals surface area (Å²) in [5.41, 5.74) is 1.77. The van der Waals surface area contributed by atoms with Crippen molar-refractivity contribution in [2.75, 3.05) is 7.11 Å². The molecule has 0 atom stereocenters. The minimum absolute atomic E-state index is 0.0650. The van der Waals surface area contributed by atoms with Crippen LogP contribution < -0.4 is 10.3 Å². The number of aromatic amines is 1. The standard InChI is InChI=1S/C16H18BrNO2.C9H6BrNO/c1-19-13-4-6-14(7-5-13)20-16-9-2-11-10-12(17)3-8-15(11)18-16;10-7-2-3-8-6(5-7)1-4-9(12)11-8/h2-3,8-10,13-14H,4-7H2,1H3;1-5H,(H,11,12).